The molecule has 0 atom stereocenters. The van der Waals surface area contributed by atoms with Gasteiger partial charge in [0.05, 0.1) is 6.61 Å². The minimum atomic E-state index is 0.694. The van der Waals surface area contributed by atoms with Crippen molar-refractivity contribution in [1.82, 2.24) is 14.6 Å². The summed E-state index contributed by atoms with van der Waals surface area (Å²) in [5, 5.41) is 7.54. The van der Waals surface area contributed by atoms with E-state index in [4.69, 9.17) is 4.74 Å². The number of hydrogen-bond acceptors (Lipinski definition) is 4. The maximum atomic E-state index is 5.58. The van der Waals surface area contributed by atoms with Gasteiger partial charge in [-0.05, 0) is 37.0 Å². The molecule has 19 heavy (non-hydrogen) atoms. The first-order valence-corrected chi connectivity index (χ1v) is 6.79. The quantitative estimate of drug-likeness (QED) is 0.779. The van der Waals surface area contributed by atoms with Gasteiger partial charge in [-0.2, -0.15) is 9.61 Å². The minimum absolute atomic E-state index is 0.694. The molecule has 0 fully saturated rings. The number of rotatable bonds is 7. The minimum Gasteiger partial charge on any atom is -0.380 e. The molecule has 5 nitrogen and oxygen atoms in total. The number of fused-ring (bicyclic) bond motifs is 1. The second-order valence-corrected chi connectivity index (χ2v) is 5.17. The molecular weight excluding hydrogens is 240 g/mol. The summed E-state index contributed by atoms with van der Waals surface area (Å²) >= 11 is 0. The van der Waals surface area contributed by atoms with Crippen molar-refractivity contribution in [2.24, 2.45) is 5.92 Å². The molecular formula is C14H22N4O. The number of ether oxygens (including phenoxy) is 1. The summed E-state index contributed by atoms with van der Waals surface area (Å²) < 4.78 is 7.39. The lowest BCUT2D eigenvalue weighted by Gasteiger charge is -2.10. The fourth-order valence-electron chi connectivity index (χ4n) is 1.85. The average Bonchev–Trinajstić information content (AvgIpc) is 2.80. The van der Waals surface area contributed by atoms with E-state index in [9.17, 15) is 0 Å². The smallest absolute Gasteiger partial charge is 0.157 e. The normalized spacial score (nSPS) is 11.4. The van der Waals surface area contributed by atoms with Crippen LogP contribution >= 0.6 is 0 Å². The highest BCUT2D eigenvalue weighted by Crippen LogP contribution is 2.12. The molecule has 0 amide bonds. The van der Waals surface area contributed by atoms with Gasteiger partial charge in [0.25, 0.3) is 0 Å². The molecule has 0 radical (unpaired) electrons. The Balaban J connectivity index is 1.83. The van der Waals surface area contributed by atoms with Crippen molar-refractivity contribution in [1.29, 1.82) is 0 Å². The van der Waals surface area contributed by atoms with Gasteiger partial charge in [-0.3, -0.25) is 0 Å². The van der Waals surface area contributed by atoms with Crippen molar-refractivity contribution in [2.75, 3.05) is 25.1 Å². The van der Waals surface area contributed by atoms with Gasteiger partial charge < -0.3 is 10.1 Å². The first-order chi connectivity index (χ1) is 9.16. The van der Waals surface area contributed by atoms with Crippen molar-refractivity contribution in [3.05, 3.63) is 24.0 Å². The standard InChI is InChI=1S/C14H22N4O/c1-11(2)4-6-19-7-5-15-13-8-12(3)9-14-16-10-17-18(13)14/h8-11,15H,4-7H2,1-3H3. The summed E-state index contributed by atoms with van der Waals surface area (Å²) in [4.78, 5) is 4.20. The summed E-state index contributed by atoms with van der Waals surface area (Å²) in [5.41, 5.74) is 2.03. The van der Waals surface area contributed by atoms with E-state index < -0.39 is 0 Å². The zero-order valence-electron chi connectivity index (χ0n) is 11.9. The van der Waals surface area contributed by atoms with E-state index in [1.165, 1.54) is 5.56 Å². The zero-order chi connectivity index (χ0) is 13.7. The molecule has 2 rings (SSSR count). The number of anilines is 1. The van der Waals surface area contributed by atoms with E-state index in [2.05, 4.69) is 42.2 Å². The van der Waals surface area contributed by atoms with Crippen LogP contribution in [0.3, 0.4) is 0 Å². The number of hydrogen-bond donors (Lipinski definition) is 1. The molecule has 0 saturated heterocycles. The fraction of sp³-hybridized carbons (Fsp3) is 0.571. The predicted molar refractivity (Wildman–Crippen MR) is 76.5 cm³/mol. The van der Waals surface area contributed by atoms with Crippen molar-refractivity contribution in [3.63, 3.8) is 0 Å². The third kappa shape index (κ3) is 3.92. The Kier molecular flexibility index (Phi) is 4.74. The Bertz CT molecular complexity index is 521. The van der Waals surface area contributed by atoms with Crippen molar-refractivity contribution in [3.8, 4) is 0 Å². The molecule has 0 aromatic carbocycles. The first-order valence-electron chi connectivity index (χ1n) is 6.79. The SMILES string of the molecule is Cc1cc(NCCOCCC(C)C)n2ncnc2c1. The fourth-order valence-corrected chi connectivity index (χ4v) is 1.85. The first kappa shape index (κ1) is 13.8. The molecule has 0 spiro atoms. The predicted octanol–water partition coefficient (Wildman–Crippen LogP) is 2.51. The monoisotopic (exact) mass is 262 g/mol. The van der Waals surface area contributed by atoms with E-state index >= 15 is 0 Å². The zero-order valence-corrected chi connectivity index (χ0v) is 11.9. The highest BCUT2D eigenvalue weighted by Gasteiger charge is 2.03. The molecule has 0 aliphatic rings. The van der Waals surface area contributed by atoms with Crippen LogP contribution in [0.15, 0.2) is 18.5 Å². The van der Waals surface area contributed by atoms with Gasteiger partial charge in [0.15, 0.2) is 5.65 Å². The molecule has 0 unspecified atom stereocenters. The number of aryl methyl sites for hydroxylation is 1. The lowest BCUT2D eigenvalue weighted by Crippen LogP contribution is -2.13. The van der Waals surface area contributed by atoms with Gasteiger partial charge in [0.2, 0.25) is 0 Å². The van der Waals surface area contributed by atoms with Crippen molar-refractivity contribution >= 4 is 11.5 Å². The molecule has 5 heteroatoms. The highest BCUT2D eigenvalue weighted by atomic mass is 16.5. The Labute approximate surface area is 114 Å². The summed E-state index contributed by atoms with van der Waals surface area (Å²) in [7, 11) is 0. The molecule has 2 aromatic rings. The lowest BCUT2D eigenvalue weighted by molar-refractivity contribution is 0.132. The van der Waals surface area contributed by atoms with Crippen molar-refractivity contribution in [2.45, 2.75) is 27.2 Å². The maximum Gasteiger partial charge on any atom is 0.157 e. The molecule has 1 N–H and O–H groups in total. The van der Waals surface area contributed by atoms with Gasteiger partial charge in [0.1, 0.15) is 12.1 Å². The van der Waals surface area contributed by atoms with Gasteiger partial charge in [-0.15, -0.1) is 0 Å². The van der Waals surface area contributed by atoms with Crippen molar-refractivity contribution < 1.29 is 4.74 Å². The van der Waals surface area contributed by atoms with Crippen LogP contribution < -0.4 is 5.32 Å². The summed E-state index contributed by atoms with van der Waals surface area (Å²) in [6.45, 7) is 8.77. The van der Waals surface area contributed by atoms with Crippen LogP contribution in [0.2, 0.25) is 0 Å². The number of aromatic nitrogens is 3. The van der Waals surface area contributed by atoms with Crippen LogP contribution in [-0.2, 0) is 4.74 Å². The van der Waals surface area contributed by atoms with Crippen LogP contribution in [0.5, 0.6) is 0 Å². The summed E-state index contributed by atoms with van der Waals surface area (Å²) in [6.07, 6.45) is 2.68. The third-order valence-electron chi connectivity index (χ3n) is 2.92. The Morgan fingerprint density at radius 3 is 2.95 bits per heavy atom. The Morgan fingerprint density at radius 2 is 2.16 bits per heavy atom. The number of pyridine rings is 1. The topological polar surface area (TPSA) is 51.5 Å². The van der Waals surface area contributed by atoms with Gasteiger partial charge in [0, 0.05) is 13.2 Å². The van der Waals surface area contributed by atoms with Gasteiger partial charge in [-0.1, -0.05) is 13.8 Å². The van der Waals surface area contributed by atoms with Gasteiger partial charge in [-0.25, -0.2) is 4.98 Å². The second kappa shape index (κ2) is 6.52. The van der Waals surface area contributed by atoms with E-state index in [0.717, 1.165) is 31.0 Å². The molecule has 2 heterocycles. The molecule has 0 bridgehead atoms. The number of nitrogens with one attached hydrogen (secondary N) is 1. The maximum absolute atomic E-state index is 5.58. The van der Waals surface area contributed by atoms with E-state index in [1.54, 1.807) is 10.8 Å². The van der Waals surface area contributed by atoms with E-state index in [-0.39, 0.29) is 0 Å². The number of nitrogens with zero attached hydrogens (tertiary/aromatic N) is 3. The van der Waals surface area contributed by atoms with E-state index in [1.807, 2.05) is 6.07 Å². The Morgan fingerprint density at radius 1 is 1.32 bits per heavy atom. The van der Waals surface area contributed by atoms with Crippen LogP contribution in [0.4, 0.5) is 5.82 Å². The second-order valence-electron chi connectivity index (χ2n) is 5.17. The van der Waals surface area contributed by atoms with E-state index in [0.29, 0.717) is 12.5 Å². The van der Waals surface area contributed by atoms with Crippen LogP contribution in [0.25, 0.3) is 5.65 Å². The molecule has 0 saturated carbocycles. The van der Waals surface area contributed by atoms with Gasteiger partial charge >= 0.3 is 0 Å². The Hall–Kier alpha value is -1.62. The molecule has 104 valence electrons. The largest absolute Gasteiger partial charge is 0.380 e. The van der Waals surface area contributed by atoms with Crippen LogP contribution in [0.1, 0.15) is 25.8 Å². The molecule has 0 aliphatic carbocycles. The summed E-state index contributed by atoms with van der Waals surface area (Å²) in [5.74, 6) is 1.65. The van der Waals surface area contributed by atoms with Crippen LogP contribution in [0, 0.1) is 12.8 Å². The summed E-state index contributed by atoms with van der Waals surface area (Å²) in [6, 6.07) is 4.08. The molecule has 2 aromatic heterocycles. The highest BCUT2D eigenvalue weighted by molar-refractivity contribution is 5.51. The molecule has 0 aliphatic heterocycles. The van der Waals surface area contributed by atoms with Crippen LogP contribution in [-0.4, -0.2) is 34.4 Å². The third-order valence-corrected chi connectivity index (χ3v) is 2.92. The lowest BCUT2D eigenvalue weighted by atomic mass is 10.1. The average molecular weight is 262 g/mol.